The number of carbonyl (C=O) groups is 2. The average Bonchev–Trinajstić information content (AvgIpc) is 2.90. The predicted molar refractivity (Wildman–Crippen MR) is 84.3 cm³/mol. The molecule has 116 valence electrons. The normalized spacial score (nSPS) is 11.0. The van der Waals surface area contributed by atoms with Crippen LogP contribution in [0.4, 0.5) is 0 Å². The Morgan fingerprint density at radius 2 is 2.09 bits per heavy atom. The minimum absolute atomic E-state index is 0.158. The first-order valence-electron chi connectivity index (χ1n) is 7.18. The zero-order chi connectivity index (χ0) is 15.9. The fourth-order valence-electron chi connectivity index (χ4n) is 2.17. The number of amides is 1. The lowest BCUT2D eigenvalue weighted by molar-refractivity contribution is -0.140. The van der Waals surface area contributed by atoms with Crippen LogP contribution >= 0.6 is 0 Å². The van der Waals surface area contributed by atoms with Gasteiger partial charge in [-0.15, -0.1) is 0 Å². The van der Waals surface area contributed by atoms with E-state index in [4.69, 9.17) is 4.42 Å². The number of methoxy groups -OCH3 is 1. The summed E-state index contributed by atoms with van der Waals surface area (Å²) in [6.45, 7) is 2.26. The quantitative estimate of drug-likeness (QED) is 0.658. The lowest BCUT2D eigenvalue weighted by Gasteiger charge is -2.00. The Labute approximate surface area is 128 Å². The number of hydrogen-bond donors (Lipinski definition) is 1. The molecule has 1 N–H and O–H groups in total. The first-order valence-corrected chi connectivity index (χ1v) is 7.18. The van der Waals surface area contributed by atoms with Gasteiger partial charge in [-0.1, -0.05) is 25.1 Å². The molecule has 0 aliphatic heterocycles. The Morgan fingerprint density at radius 1 is 1.32 bits per heavy atom. The fourth-order valence-corrected chi connectivity index (χ4v) is 2.17. The van der Waals surface area contributed by atoms with Crippen LogP contribution in [0.5, 0.6) is 0 Å². The van der Waals surface area contributed by atoms with E-state index in [1.807, 2.05) is 31.2 Å². The Kier molecular flexibility index (Phi) is 5.36. The van der Waals surface area contributed by atoms with Crippen molar-refractivity contribution in [1.82, 2.24) is 5.32 Å². The average molecular weight is 301 g/mol. The Hall–Kier alpha value is -2.56. The van der Waals surface area contributed by atoms with Crippen LogP contribution in [0.3, 0.4) is 0 Å². The number of fused-ring (bicyclic) bond motifs is 1. The van der Waals surface area contributed by atoms with Crippen LogP contribution in [0, 0.1) is 0 Å². The van der Waals surface area contributed by atoms with Gasteiger partial charge in [0.25, 0.3) is 0 Å². The van der Waals surface area contributed by atoms with Crippen molar-refractivity contribution in [2.75, 3.05) is 13.7 Å². The summed E-state index contributed by atoms with van der Waals surface area (Å²) in [6, 6.07) is 7.72. The van der Waals surface area contributed by atoms with Crippen LogP contribution < -0.4 is 5.32 Å². The molecule has 22 heavy (non-hydrogen) atoms. The zero-order valence-corrected chi connectivity index (χ0v) is 12.7. The van der Waals surface area contributed by atoms with Crippen LogP contribution in [-0.4, -0.2) is 25.5 Å². The lowest BCUT2D eigenvalue weighted by Crippen LogP contribution is -2.24. The summed E-state index contributed by atoms with van der Waals surface area (Å²) >= 11 is 0. The summed E-state index contributed by atoms with van der Waals surface area (Å²) in [5, 5.41) is 3.62. The summed E-state index contributed by atoms with van der Waals surface area (Å²) in [5.74, 6) is 0.245. The molecule has 0 atom stereocenters. The highest BCUT2D eigenvalue weighted by molar-refractivity contribution is 5.96. The molecule has 0 saturated heterocycles. The molecular weight excluding hydrogens is 282 g/mol. The monoisotopic (exact) mass is 301 g/mol. The highest BCUT2D eigenvalue weighted by Crippen LogP contribution is 2.27. The molecule has 5 nitrogen and oxygen atoms in total. The zero-order valence-electron chi connectivity index (χ0n) is 12.7. The molecule has 2 aromatic rings. The number of benzene rings is 1. The number of ether oxygens (including phenoxy) is 1. The number of nitrogens with one attached hydrogen (secondary N) is 1. The van der Waals surface area contributed by atoms with Crippen LogP contribution in [0.1, 0.15) is 24.7 Å². The van der Waals surface area contributed by atoms with E-state index >= 15 is 0 Å². The van der Waals surface area contributed by atoms with Crippen molar-refractivity contribution in [1.29, 1.82) is 0 Å². The third kappa shape index (κ3) is 3.75. The van der Waals surface area contributed by atoms with Gasteiger partial charge in [-0.2, -0.15) is 0 Å². The minimum atomic E-state index is -0.349. The Morgan fingerprint density at radius 3 is 2.82 bits per heavy atom. The maximum atomic E-state index is 11.8. The largest absolute Gasteiger partial charge is 0.469 e. The standard InChI is InChI=1S/C17H19NO4/c1-3-14-13(12-6-4-5-7-15(12)22-14)8-9-16(19)18-11-10-17(20)21-2/h4-9H,3,10-11H2,1-2H3,(H,18,19)/b9-8+. The van der Waals surface area contributed by atoms with Gasteiger partial charge >= 0.3 is 5.97 Å². The van der Waals surface area contributed by atoms with Gasteiger partial charge in [-0.25, -0.2) is 0 Å². The summed E-state index contributed by atoms with van der Waals surface area (Å²) in [6.07, 6.45) is 4.11. The third-order valence-electron chi connectivity index (χ3n) is 3.29. The molecule has 0 saturated carbocycles. The molecule has 0 unspecified atom stereocenters. The summed E-state index contributed by atoms with van der Waals surface area (Å²) in [7, 11) is 1.32. The first kappa shape index (κ1) is 15.8. The summed E-state index contributed by atoms with van der Waals surface area (Å²) in [5.41, 5.74) is 1.73. The molecule has 1 heterocycles. The molecular formula is C17H19NO4. The van der Waals surface area contributed by atoms with E-state index in [9.17, 15) is 9.59 Å². The van der Waals surface area contributed by atoms with Gasteiger partial charge in [0.15, 0.2) is 0 Å². The van der Waals surface area contributed by atoms with Crippen molar-refractivity contribution >= 4 is 28.9 Å². The van der Waals surface area contributed by atoms with E-state index in [1.165, 1.54) is 13.2 Å². The fraction of sp³-hybridized carbons (Fsp3) is 0.294. The minimum Gasteiger partial charge on any atom is -0.469 e. The van der Waals surface area contributed by atoms with Crippen molar-refractivity contribution in [2.45, 2.75) is 19.8 Å². The first-order chi connectivity index (χ1) is 10.7. The summed E-state index contributed by atoms with van der Waals surface area (Å²) in [4.78, 5) is 22.7. The molecule has 0 aliphatic rings. The van der Waals surface area contributed by atoms with Gasteiger partial charge in [0, 0.05) is 30.0 Å². The van der Waals surface area contributed by atoms with Crippen molar-refractivity contribution in [3.05, 3.63) is 41.7 Å². The number of hydrogen-bond acceptors (Lipinski definition) is 4. The molecule has 0 aliphatic carbocycles. The number of para-hydroxylation sites is 1. The lowest BCUT2D eigenvalue weighted by atomic mass is 10.1. The molecule has 2 rings (SSSR count). The SMILES string of the molecule is CCc1oc2ccccc2c1/C=C/C(=O)NCCC(=O)OC. The second-order valence-electron chi connectivity index (χ2n) is 4.74. The van der Waals surface area contributed by atoms with Crippen LogP contribution in [0.25, 0.3) is 17.0 Å². The number of esters is 1. The molecule has 0 bridgehead atoms. The van der Waals surface area contributed by atoms with Gasteiger partial charge in [-0.3, -0.25) is 9.59 Å². The predicted octanol–water partition coefficient (Wildman–Crippen LogP) is 2.69. The second kappa shape index (κ2) is 7.45. The van der Waals surface area contributed by atoms with E-state index in [-0.39, 0.29) is 24.8 Å². The van der Waals surface area contributed by atoms with Crippen LogP contribution in [0.2, 0.25) is 0 Å². The maximum Gasteiger partial charge on any atom is 0.307 e. The molecule has 1 aromatic heterocycles. The Bertz CT molecular complexity index is 700. The number of furan rings is 1. The van der Waals surface area contributed by atoms with Crippen molar-refractivity contribution < 1.29 is 18.7 Å². The summed E-state index contributed by atoms with van der Waals surface area (Å²) < 4.78 is 10.3. The maximum absolute atomic E-state index is 11.8. The number of aryl methyl sites for hydroxylation is 1. The molecule has 0 radical (unpaired) electrons. The molecule has 5 heteroatoms. The van der Waals surface area contributed by atoms with Crippen molar-refractivity contribution in [2.24, 2.45) is 0 Å². The van der Waals surface area contributed by atoms with E-state index in [2.05, 4.69) is 10.1 Å². The van der Waals surface area contributed by atoms with E-state index in [0.29, 0.717) is 0 Å². The van der Waals surface area contributed by atoms with Crippen molar-refractivity contribution in [3.63, 3.8) is 0 Å². The van der Waals surface area contributed by atoms with Crippen molar-refractivity contribution in [3.8, 4) is 0 Å². The van der Waals surface area contributed by atoms with Gasteiger partial charge in [0.2, 0.25) is 5.91 Å². The number of rotatable bonds is 6. The molecule has 1 aromatic carbocycles. The highest BCUT2D eigenvalue weighted by atomic mass is 16.5. The topological polar surface area (TPSA) is 68.5 Å². The molecule has 0 spiro atoms. The van der Waals surface area contributed by atoms with Crippen LogP contribution in [0.15, 0.2) is 34.8 Å². The highest BCUT2D eigenvalue weighted by Gasteiger charge is 2.10. The van der Waals surface area contributed by atoms with E-state index < -0.39 is 0 Å². The molecule has 0 fully saturated rings. The Balaban J connectivity index is 2.06. The van der Waals surface area contributed by atoms with E-state index in [1.54, 1.807) is 6.08 Å². The van der Waals surface area contributed by atoms with Crippen LogP contribution in [-0.2, 0) is 20.7 Å². The van der Waals surface area contributed by atoms with Gasteiger partial charge in [-0.05, 0) is 12.1 Å². The van der Waals surface area contributed by atoms with Gasteiger partial charge < -0.3 is 14.5 Å². The molecule has 1 amide bonds. The van der Waals surface area contributed by atoms with Gasteiger partial charge in [0.05, 0.1) is 13.5 Å². The third-order valence-corrected chi connectivity index (χ3v) is 3.29. The van der Waals surface area contributed by atoms with E-state index in [0.717, 1.165) is 28.7 Å². The second-order valence-corrected chi connectivity index (χ2v) is 4.74. The van der Waals surface area contributed by atoms with Gasteiger partial charge in [0.1, 0.15) is 11.3 Å². The smallest absolute Gasteiger partial charge is 0.307 e. The number of carbonyl (C=O) groups excluding carboxylic acids is 2.